The Hall–Kier alpha value is -3.01. The van der Waals surface area contributed by atoms with E-state index < -0.39 is 28.3 Å². The highest BCUT2D eigenvalue weighted by Crippen LogP contribution is 2.29. The van der Waals surface area contributed by atoms with Crippen LogP contribution in [-0.4, -0.2) is 53.6 Å². The van der Waals surface area contributed by atoms with Crippen molar-refractivity contribution in [2.75, 3.05) is 32.1 Å². The molecule has 0 fully saturated rings. The molecular weight excluding hydrogens is 337 g/mol. The topological polar surface area (TPSA) is 122 Å². The number of anilines is 1. The van der Waals surface area contributed by atoms with E-state index in [0.29, 0.717) is 0 Å². The number of methoxy groups -OCH3 is 1. The number of aliphatic hydroxyl groups excluding tert-OH is 1. The molecule has 10 heteroatoms. The Morgan fingerprint density at radius 2 is 2.20 bits per heavy atom. The predicted molar refractivity (Wildman–Crippen MR) is 84.1 cm³/mol. The Morgan fingerprint density at radius 3 is 2.72 bits per heavy atom. The first-order chi connectivity index (χ1) is 11.8. The molecule has 1 aliphatic heterocycles. The smallest absolute Gasteiger partial charge is 0.337 e. The van der Waals surface area contributed by atoms with Gasteiger partial charge in [-0.15, -0.1) is 0 Å². The van der Waals surface area contributed by atoms with Crippen LogP contribution in [0.25, 0.3) is 0 Å². The monoisotopic (exact) mass is 353 g/mol. The lowest BCUT2D eigenvalue weighted by Gasteiger charge is -2.15. The minimum absolute atomic E-state index is 0.00770. The first kappa shape index (κ1) is 18.3. The van der Waals surface area contributed by atoms with Crippen molar-refractivity contribution in [1.29, 1.82) is 0 Å². The van der Waals surface area contributed by atoms with Gasteiger partial charge in [0, 0.05) is 12.6 Å². The van der Waals surface area contributed by atoms with Crippen LogP contribution < -0.4 is 5.32 Å². The van der Waals surface area contributed by atoms with E-state index in [0.717, 1.165) is 19.2 Å². The number of carbonyl (C=O) groups excluding carboxylic acids is 2. The largest absolute Gasteiger partial charge is 0.466 e. The molecule has 0 aliphatic carbocycles. The fraction of sp³-hybridized carbons (Fsp3) is 0.333. The van der Waals surface area contributed by atoms with Gasteiger partial charge in [0.15, 0.2) is 5.82 Å². The Bertz CT molecular complexity index is 754. The van der Waals surface area contributed by atoms with Gasteiger partial charge in [0.2, 0.25) is 0 Å². The average molecular weight is 353 g/mol. The molecule has 2 N–H and O–H groups in total. The number of amides is 1. The van der Waals surface area contributed by atoms with Crippen molar-refractivity contribution in [2.24, 2.45) is 0 Å². The molecule has 0 saturated carbocycles. The number of nitro benzene ring substituents is 1. The van der Waals surface area contributed by atoms with E-state index in [1.165, 1.54) is 11.8 Å². The van der Waals surface area contributed by atoms with Crippen LogP contribution in [0, 0.1) is 22.9 Å². The third-order valence-electron chi connectivity index (χ3n) is 3.69. The van der Waals surface area contributed by atoms with Gasteiger partial charge in [0.25, 0.3) is 11.6 Å². The van der Waals surface area contributed by atoms with Gasteiger partial charge >= 0.3 is 5.97 Å². The van der Waals surface area contributed by atoms with Gasteiger partial charge < -0.3 is 20.1 Å². The van der Waals surface area contributed by atoms with Crippen LogP contribution in [0.1, 0.15) is 5.56 Å². The molecule has 9 nitrogen and oxygen atoms in total. The molecule has 1 aromatic rings. The van der Waals surface area contributed by atoms with Crippen molar-refractivity contribution in [3.63, 3.8) is 0 Å². The number of ether oxygens (including phenoxy) is 1. The fourth-order valence-corrected chi connectivity index (χ4v) is 2.46. The number of halogens is 1. The number of hydrogen-bond acceptors (Lipinski definition) is 7. The molecule has 1 amide bonds. The van der Waals surface area contributed by atoms with Crippen molar-refractivity contribution < 1.29 is 28.7 Å². The van der Waals surface area contributed by atoms with Crippen molar-refractivity contribution >= 4 is 23.3 Å². The normalized spacial score (nSPS) is 14.1. The Morgan fingerprint density at radius 1 is 1.52 bits per heavy atom. The van der Waals surface area contributed by atoms with Crippen molar-refractivity contribution in [2.45, 2.75) is 6.92 Å². The zero-order chi connectivity index (χ0) is 18.7. The van der Waals surface area contributed by atoms with E-state index in [9.17, 15) is 24.1 Å². The molecule has 0 atom stereocenters. The summed E-state index contributed by atoms with van der Waals surface area (Å²) < 4.78 is 18.9. The molecular formula is C15H16FN3O6. The van der Waals surface area contributed by atoms with Crippen molar-refractivity contribution in [1.82, 2.24) is 4.90 Å². The fourth-order valence-electron chi connectivity index (χ4n) is 2.46. The number of esters is 1. The second-order valence-electron chi connectivity index (χ2n) is 5.30. The maximum absolute atomic E-state index is 14.2. The highest BCUT2D eigenvalue weighted by Gasteiger charge is 2.35. The Labute approximate surface area is 141 Å². The number of hydrogen-bond donors (Lipinski definition) is 2. The highest BCUT2D eigenvalue weighted by atomic mass is 19.1. The van der Waals surface area contributed by atoms with Crippen LogP contribution >= 0.6 is 0 Å². The number of nitro groups is 1. The van der Waals surface area contributed by atoms with E-state index >= 15 is 0 Å². The molecule has 0 saturated heterocycles. The summed E-state index contributed by atoms with van der Waals surface area (Å²) >= 11 is 0. The number of nitrogens with one attached hydrogen (secondary N) is 1. The molecule has 0 unspecified atom stereocenters. The van der Waals surface area contributed by atoms with E-state index in [1.807, 2.05) is 0 Å². The molecule has 1 aliphatic rings. The molecule has 0 aromatic heterocycles. The van der Waals surface area contributed by atoms with Crippen LogP contribution in [0.5, 0.6) is 0 Å². The molecule has 25 heavy (non-hydrogen) atoms. The zero-order valence-corrected chi connectivity index (χ0v) is 13.5. The van der Waals surface area contributed by atoms with Gasteiger partial charge in [-0.2, -0.15) is 0 Å². The number of non-ortho nitro benzene ring substituents is 1. The molecule has 1 aromatic carbocycles. The second kappa shape index (κ2) is 7.26. The number of β-amino-alcohol motifs (C(OH)–C–C–N with tert-alkyl or cyclic N) is 1. The van der Waals surface area contributed by atoms with Crippen LogP contribution in [0.15, 0.2) is 23.4 Å². The quantitative estimate of drug-likeness (QED) is 0.439. The maximum Gasteiger partial charge on any atom is 0.337 e. The summed E-state index contributed by atoms with van der Waals surface area (Å²) in [5, 5.41) is 22.3. The molecule has 0 bridgehead atoms. The van der Waals surface area contributed by atoms with Crippen LogP contribution in [0.3, 0.4) is 0 Å². The molecule has 134 valence electrons. The Kier molecular flexibility index (Phi) is 5.32. The van der Waals surface area contributed by atoms with Crippen LogP contribution in [0.2, 0.25) is 0 Å². The van der Waals surface area contributed by atoms with Crippen molar-refractivity contribution in [3.8, 4) is 0 Å². The summed E-state index contributed by atoms with van der Waals surface area (Å²) in [6.45, 7) is 1.02. The van der Waals surface area contributed by atoms with Gasteiger partial charge in [-0.3, -0.25) is 14.9 Å². The first-order valence-corrected chi connectivity index (χ1v) is 7.23. The van der Waals surface area contributed by atoms with E-state index in [2.05, 4.69) is 10.1 Å². The molecule has 0 radical (unpaired) electrons. The minimum Gasteiger partial charge on any atom is -0.466 e. The minimum atomic E-state index is -0.933. The van der Waals surface area contributed by atoms with Gasteiger partial charge in [0.05, 0.1) is 42.5 Å². The van der Waals surface area contributed by atoms with Gasteiger partial charge in [-0.1, -0.05) is 0 Å². The summed E-state index contributed by atoms with van der Waals surface area (Å²) in [5.74, 6) is -2.31. The lowest BCUT2D eigenvalue weighted by atomic mass is 10.1. The van der Waals surface area contributed by atoms with Crippen molar-refractivity contribution in [3.05, 3.63) is 44.9 Å². The summed E-state index contributed by atoms with van der Waals surface area (Å²) in [7, 11) is 1.14. The summed E-state index contributed by atoms with van der Waals surface area (Å²) in [6.07, 6.45) is 0. The number of nitrogens with zero attached hydrogens (tertiary/aromatic N) is 2. The molecule has 2 rings (SSSR count). The standard InChI is InChI=1S/C15H16FN3O6/c1-8-5-9(19(23)24)6-11(16)12(8)17-13-10(15(22)25-2)7-18(3-4-20)14(13)21/h5-6,17,20H,3-4,7H2,1-2H3. The average Bonchev–Trinajstić information content (AvgIpc) is 2.86. The zero-order valence-electron chi connectivity index (χ0n) is 13.5. The lowest BCUT2D eigenvalue weighted by molar-refractivity contribution is -0.385. The number of carbonyl (C=O) groups is 2. The van der Waals surface area contributed by atoms with Gasteiger partial charge in [-0.25, -0.2) is 9.18 Å². The first-order valence-electron chi connectivity index (χ1n) is 7.23. The number of benzene rings is 1. The summed E-state index contributed by atoms with van der Waals surface area (Å²) in [6, 6.07) is 1.87. The molecule has 1 heterocycles. The van der Waals surface area contributed by atoms with Gasteiger partial charge in [0.1, 0.15) is 5.70 Å². The van der Waals surface area contributed by atoms with Gasteiger partial charge in [-0.05, 0) is 12.5 Å². The number of rotatable bonds is 6. The SMILES string of the molecule is COC(=O)C1=C(Nc2c(C)cc([N+](=O)[O-])cc2F)C(=O)N(CCO)C1. The van der Waals surface area contributed by atoms with Crippen LogP contribution in [-0.2, 0) is 14.3 Å². The van der Waals surface area contributed by atoms with E-state index in [-0.39, 0.29) is 42.2 Å². The number of aryl methyl sites for hydroxylation is 1. The maximum atomic E-state index is 14.2. The second-order valence-corrected chi connectivity index (χ2v) is 5.30. The third kappa shape index (κ3) is 3.58. The lowest BCUT2D eigenvalue weighted by Crippen LogP contribution is -2.31. The summed E-state index contributed by atoms with van der Waals surface area (Å²) in [4.78, 5) is 35.5. The third-order valence-corrected chi connectivity index (χ3v) is 3.69. The highest BCUT2D eigenvalue weighted by molar-refractivity contribution is 6.08. The Balaban J connectivity index is 2.43. The number of aliphatic hydroxyl groups is 1. The summed E-state index contributed by atoms with van der Waals surface area (Å²) in [5.41, 5.74) is -0.588. The van der Waals surface area contributed by atoms with E-state index in [1.54, 1.807) is 0 Å². The molecule has 0 spiro atoms. The predicted octanol–water partition coefficient (Wildman–Crippen LogP) is 0.716. The van der Waals surface area contributed by atoms with Crippen LogP contribution in [0.4, 0.5) is 15.8 Å². The van der Waals surface area contributed by atoms with E-state index in [4.69, 9.17) is 5.11 Å².